The van der Waals surface area contributed by atoms with Gasteiger partial charge in [0.1, 0.15) is 23.3 Å². The van der Waals surface area contributed by atoms with Crippen molar-refractivity contribution in [2.24, 2.45) is 0 Å². The molecule has 0 amide bonds. The molecule has 0 spiro atoms. The normalized spacial score (nSPS) is 15.6. The standard InChI is InChI=1S/C30H29N3O4/c1-35-19-6-4-5-18(13-19)17-33-12-11-22-23-14-21(37-3)8-10-27(23)32-28(22)29(33)30(34)25-16-31-26-9-7-20(36-2)15-24(25)26/h4-10,13-16,29,31-32H,11-12,17H2,1-3H3. The molecular formula is C30H29N3O4. The lowest BCUT2D eigenvalue weighted by molar-refractivity contribution is 0.0783. The Kier molecular flexibility index (Phi) is 5.85. The third-order valence-electron chi connectivity index (χ3n) is 7.36. The third-order valence-corrected chi connectivity index (χ3v) is 7.36. The number of carbonyl (C=O) groups excluding carboxylic acids is 1. The quantitative estimate of drug-likeness (QED) is 0.285. The van der Waals surface area contributed by atoms with Gasteiger partial charge in [0.2, 0.25) is 0 Å². The number of fused-ring (bicyclic) bond motifs is 4. The Morgan fingerprint density at radius 1 is 0.892 bits per heavy atom. The van der Waals surface area contributed by atoms with Crippen LogP contribution < -0.4 is 14.2 Å². The Morgan fingerprint density at radius 3 is 2.35 bits per heavy atom. The minimum absolute atomic E-state index is 0.0434. The minimum atomic E-state index is -0.474. The van der Waals surface area contributed by atoms with Gasteiger partial charge in [0.25, 0.3) is 0 Å². The van der Waals surface area contributed by atoms with Crippen LogP contribution in [0.15, 0.2) is 66.9 Å². The van der Waals surface area contributed by atoms with Crippen molar-refractivity contribution in [2.75, 3.05) is 27.9 Å². The average molecular weight is 496 g/mol. The van der Waals surface area contributed by atoms with E-state index in [0.717, 1.165) is 63.3 Å². The summed E-state index contributed by atoms with van der Waals surface area (Å²) in [4.78, 5) is 23.5. The predicted molar refractivity (Wildman–Crippen MR) is 144 cm³/mol. The fourth-order valence-electron chi connectivity index (χ4n) is 5.49. The van der Waals surface area contributed by atoms with E-state index in [4.69, 9.17) is 14.2 Å². The van der Waals surface area contributed by atoms with Gasteiger partial charge in [0, 0.05) is 52.3 Å². The molecule has 1 aliphatic heterocycles. The van der Waals surface area contributed by atoms with E-state index in [-0.39, 0.29) is 5.78 Å². The molecule has 5 aromatic rings. The van der Waals surface area contributed by atoms with E-state index in [0.29, 0.717) is 12.1 Å². The number of hydrogen-bond acceptors (Lipinski definition) is 5. The van der Waals surface area contributed by atoms with Gasteiger partial charge in [-0.1, -0.05) is 12.1 Å². The predicted octanol–water partition coefficient (Wildman–Crippen LogP) is 5.66. The van der Waals surface area contributed by atoms with Crippen LogP contribution >= 0.6 is 0 Å². The van der Waals surface area contributed by atoms with E-state index in [1.165, 1.54) is 5.56 Å². The van der Waals surface area contributed by atoms with Crippen LogP contribution in [-0.4, -0.2) is 48.5 Å². The Hall–Kier alpha value is -4.23. The van der Waals surface area contributed by atoms with Crippen LogP contribution in [0, 0.1) is 0 Å². The Bertz CT molecular complexity index is 1620. The number of rotatable bonds is 7. The topological polar surface area (TPSA) is 79.6 Å². The molecule has 1 atom stereocenters. The molecule has 3 heterocycles. The zero-order valence-corrected chi connectivity index (χ0v) is 21.1. The van der Waals surface area contributed by atoms with Crippen LogP contribution in [0.2, 0.25) is 0 Å². The number of ether oxygens (including phenoxy) is 3. The molecule has 188 valence electrons. The number of Topliss-reactive ketones (excluding diaryl/α,β-unsaturated/α-hetero) is 1. The second-order valence-corrected chi connectivity index (χ2v) is 9.38. The van der Waals surface area contributed by atoms with E-state index in [9.17, 15) is 4.79 Å². The summed E-state index contributed by atoms with van der Waals surface area (Å²) < 4.78 is 16.4. The number of benzene rings is 3. The molecule has 2 N–H and O–H groups in total. The molecule has 6 rings (SSSR count). The first kappa shape index (κ1) is 23.2. The van der Waals surface area contributed by atoms with Crippen LogP contribution in [-0.2, 0) is 13.0 Å². The molecule has 7 nitrogen and oxygen atoms in total. The number of methoxy groups -OCH3 is 3. The summed E-state index contributed by atoms with van der Waals surface area (Å²) in [6.45, 7) is 1.37. The van der Waals surface area contributed by atoms with Gasteiger partial charge in [-0.15, -0.1) is 0 Å². The molecule has 0 aliphatic carbocycles. The van der Waals surface area contributed by atoms with Crippen molar-refractivity contribution in [3.63, 3.8) is 0 Å². The Balaban J connectivity index is 1.48. The third kappa shape index (κ3) is 4.01. The first-order valence-electron chi connectivity index (χ1n) is 12.3. The lowest BCUT2D eigenvalue weighted by atomic mass is 9.91. The number of hydrogen-bond donors (Lipinski definition) is 2. The lowest BCUT2D eigenvalue weighted by Gasteiger charge is -2.35. The molecule has 0 bridgehead atoms. The molecule has 1 aliphatic rings. The molecular weight excluding hydrogens is 466 g/mol. The fourth-order valence-corrected chi connectivity index (χ4v) is 5.49. The van der Waals surface area contributed by atoms with Crippen LogP contribution in [0.5, 0.6) is 17.2 Å². The van der Waals surface area contributed by atoms with Crippen molar-refractivity contribution < 1.29 is 19.0 Å². The van der Waals surface area contributed by atoms with Gasteiger partial charge in [0.05, 0.1) is 21.3 Å². The largest absolute Gasteiger partial charge is 0.497 e. The number of carbonyl (C=O) groups is 1. The van der Waals surface area contributed by atoms with Crippen molar-refractivity contribution in [1.82, 2.24) is 14.9 Å². The number of ketones is 1. The second-order valence-electron chi connectivity index (χ2n) is 9.38. The maximum absolute atomic E-state index is 14.4. The van der Waals surface area contributed by atoms with Crippen molar-refractivity contribution in [3.05, 3.63) is 89.2 Å². The number of aromatic nitrogens is 2. The molecule has 0 saturated carbocycles. The van der Waals surface area contributed by atoms with Crippen molar-refractivity contribution in [1.29, 1.82) is 0 Å². The highest BCUT2D eigenvalue weighted by Crippen LogP contribution is 2.39. The van der Waals surface area contributed by atoms with Crippen LogP contribution in [0.3, 0.4) is 0 Å². The maximum Gasteiger partial charge on any atom is 0.188 e. The van der Waals surface area contributed by atoms with E-state index in [1.54, 1.807) is 21.3 Å². The summed E-state index contributed by atoms with van der Waals surface area (Å²) >= 11 is 0. The number of nitrogens with zero attached hydrogens (tertiary/aromatic N) is 1. The van der Waals surface area contributed by atoms with Crippen LogP contribution in [0.25, 0.3) is 21.8 Å². The zero-order chi connectivity index (χ0) is 25.5. The molecule has 3 aromatic carbocycles. The number of nitrogens with one attached hydrogen (secondary N) is 2. The molecule has 0 saturated heterocycles. The van der Waals surface area contributed by atoms with Gasteiger partial charge in [-0.05, 0) is 66.1 Å². The van der Waals surface area contributed by atoms with Gasteiger partial charge in [-0.2, -0.15) is 0 Å². The molecule has 1 unspecified atom stereocenters. The van der Waals surface area contributed by atoms with Gasteiger partial charge in [0.15, 0.2) is 5.78 Å². The zero-order valence-electron chi connectivity index (χ0n) is 21.1. The second kappa shape index (κ2) is 9.33. The Labute approximate surface area is 215 Å². The minimum Gasteiger partial charge on any atom is -0.497 e. The first-order chi connectivity index (χ1) is 18.1. The van der Waals surface area contributed by atoms with Gasteiger partial charge in [-0.25, -0.2) is 0 Å². The summed E-state index contributed by atoms with van der Waals surface area (Å²) in [6.07, 6.45) is 2.65. The number of H-pyrrole nitrogens is 2. The van der Waals surface area contributed by atoms with Crippen LogP contribution in [0.4, 0.5) is 0 Å². The molecule has 2 aromatic heterocycles. The van der Waals surface area contributed by atoms with Gasteiger partial charge < -0.3 is 24.2 Å². The SMILES string of the molecule is COc1cccc(CN2CCc3c([nH]c4ccc(OC)cc34)C2C(=O)c2c[nH]c3ccc(OC)cc23)c1. The van der Waals surface area contributed by atoms with Crippen LogP contribution in [0.1, 0.15) is 33.2 Å². The van der Waals surface area contributed by atoms with E-state index < -0.39 is 6.04 Å². The maximum atomic E-state index is 14.4. The number of aromatic amines is 2. The molecule has 37 heavy (non-hydrogen) atoms. The molecule has 0 radical (unpaired) electrons. The average Bonchev–Trinajstić information content (AvgIpc) is 3.53. The van der Waals surface area contributed by atoms with Crippen molar-refractivity contribution in [2.45, 2.75) is 19.0 Å². The summed E-state index contributed by atoms with van der Waals surface area (Å²) in [5.41, 5.74) is 5.78. The van der Waals surface area contributed by atoms with E-state index in [1.807, 2.05) is 54.7 Å². The van der Waals surface area contributed by atoms with E-state index in [2.05, 4.69) is 27.0 Å². The Morgan fingerprint density at radius 2 is 1.59 bits per heavy atom. The highest BCUT2D eigenvalue weighted by molar-refractivity contribution is 6.11. The van der Waals surface area contributed by atoms with Crippen molar-refractivity contribution >= 4 is 27.6 Å². The summed E-state index contributed by atoms with van der Waals surface area (Å²) in [5, 5.41) is 1.96. The smallest absolute Gasteiger partial charge is 0.188 e. The van der Waals surface area contributed by atoms with Gasteiger partial charge in [-0.3, -0.25) is 9.69 Å². The lowest BCUT2D eigenvalue weighted by Crippen LogP contribution is -2.39. The summed E-state index contributed by atoms with van der Waals surface area (Å²) in [5.74, 6) is 2.37. The van der Waals surface area contributed by atoms with E-state index >= 15 is 0 Å². The molecule has 7 heteroatoms. The highest BCUT2D eigenvalue weighted by atomic mass is 16.5. The summed E-state index contributed by atoms with van der Waals surface area (Å²) in [7, 11) is 4.98. The monoisotopic (exact) mass is 495 g/mol. The van der Waals surface area contributed by atoms with Gasteiger partial charge >= 0.3 is 0 Å². The summed E-state index contributed by atoms with van der Waals surface area (Å²) in [6, 6.07) is 19.3. The fraction of sp³-hybridized carbons (Fsp3) is 0.233. The highest BCUT2D eigenvalue weighted by Gasteiger charge is 2.37. The first-order valence-corrected chi connectivity index (χ1v) is 12.3. The molecule has 0 fully saturated rings. The van der Waals surface area contributed by atoms with Crippen molar-refractivity contribution in [3.8, 4) is 17.2 Å².